The van der Waals surface area contributed by atoms with E-state index in [2.05, 4.69) is 49.2 Å². The second kappa shape index (κ2) is 20.9. The molecule has 5 aliphatic rings. The van der Waals surface area contributed by atoms with Crippen LogP contribution in [0.3, 0.4) is 0 Å². The molecular formula is C54H65N14O7PS. The number of carbonyl (C=O) groups excluding carboxylic acids is 2. The Morgan fingerprint density at radius 3 is 2.16 bits per heavy atom. The third kappa shape index (κ3) is 11.0. The smallest absolute Gasteiger partial charge is 0.280 e. The molecule has 2 atom stereocenters. The summed E-state index contributed by atoms with van der Waals surface area (Å²) in [5.74, 6) is 0.914. The first-order chi connectivity index (χ1) is 36.9. The Morgan fingerprint density at radius 2 is 1.42 bits per heavy atom. The van der Waals surface area contributed by atoms with Gasteiger partial charge >= 0.3 is 0 Å². The van der Waals surface area contributed by atoms with E-state index in [9.17, 15) is 18.4 Å². The van der Waals surface area contributed by atoms with E-state index in [1.54, 1.807) is 65.6 Å². The predicted octanol–water partition coefficient (Wildman–Crippen LogP) is 6.29. The minimum Gasteiger partial charge on any atom is -0.477 e. The van der Waals surface area contributed by atoms with Crippen LogP contribution in [0.1, 0.15) is 58.8 Å². The van der Waals surface area contributed by atoms with Crippen LogP contribution >= 0.6 is 7.14 Å². The number of aromatic nitrogens is 6. The number of guanidine groups is 2. The highest BCUT2D eigenvalue weighted by molar-refractivity contribution is 8.02. The number of amides is 2. The van der Waals surface area contributed by atoms with Gasteiger partial charge in [-0.05, 0) is 110 Å². The lowest BCUT2D eigenvalue weighted by Crippen LogP contribution is -2.38. The van der Waals surface area contributed by atoms with E-state index in [0.717, 1.165) is 47.6 Å². The fourth-order valence-corrected chi connectivity index (χ4v) is 14.0. The van der Waals surface area contributed by atoms with Gasteiger partial charge in [-0.3, -0.25) is 23.8 Å². The summed E-state index contributed by atoms with van der Waals surface area (Å²) in [4.78, 5) is 54.4. The maximum atomic E-state index is 14.5. The molecule has 2 amide bonds. The quantitative estimate of drug-likeness (QED) is 0.106. The highest BCUT2D eigenvalue weighted by Crippen LogP contribution is 2.48. The monoisotopic (exact) mass is 1080 g/mol. The molecule has 0 saturated carbocycles. The highest BCUT2D eigenvalue weighted by atomic mass is 32.3. The summed E-state index contributed by atoms with van der Waals surface area (Å²) >= 11 is 0. The predicted molar refractivity (Wildman–Crippen MR) is 303 cm³/mol. The summed E-state index contributed by atoms with van der Waals surface area (Å²) in [6, 6.07) is 18.5. The molecule has 0 radical (unpaired) electrons. The molecule has 5 aliphatic heterocycles. The number of hydrogen-bond donors (Lipinski definition) is 4. The summed E-state index contributed by atoms with van der Waals surface area (Å²) in [7, 11) is -1.37. The van der Waals surface area contributed by atoms with E-state index >= 15 is 0 Å². The molecule has 0 unspecified atom stereocenters. The largest absolute Gasteiger partial charge is 0.477 e. The van der Waals surface area contributed by atoms with Gasteiger partial charge in [0.25, 0.3) is 11.8 Å². The van der Waals surface area contributed by atoms with Gasteiger partial charge in [-0.2, -0.15) is 20.2 Å². The Balaban J connectivity index is 0.901. The van der Waals surface area contributed by atoms with Crippen LogP contribution in [0.4, 0.5) is 28.4 Å². The number of aliphatic imine (C=N–C) groups is 2. The van der Waals surface area contributed by atoms with E-state index < -0.39 is 29.1 Å². The zero-order valence-corrected chi connectivity index (χ0v) is 46.2. The minimum absolute atomic E-state index is 0.153. The topological polar surface area (TPSA) is 228 Å². The number of ether oxygens (including phenoxy) is 3. The van der Waals surface area contributed by atoms with E-state index in [-0.39, 0.29) is 25.2 Å². The normalized spacial score (nSPS) is 21.4. The summed E-state index contributed by atoms with van der Waals surface area (Å²) in [6.07, 6.45) is 9.51. The summed E-state index contributed by atoms with van der Waals surface area (Å²) in [5, 5.41) is 16.9. The number of carbonyl (C=O) groups is 2. The van der Waals surface area contributed by atoms with Gasteiger partial charge in [-0.1, -0.05) is 6.92 Å². The van der Waals surface area contributed by atoms with Crippen molar-refractivity contribution in [3.05, 3.63) is 95.6 Å². The van der Waals surface area contributed by atoms with Crippen molar-refractivity contribution >= 4 is 74.7 Å². The van der Waals surface area contributed by atoms with Crippen LogP contribution in [-0.2, 0) is 39.4 Å². The van der Waals surface area contributed by atoms with Crippen molar-refractivity contribution in [2.75, 3.05) is 103 Å². The number of thiol groups is 1. The molecule has 4 aromatic heterocycles. The zero-order chi connectivity index (χ0) is 53.8. The maximum Gasteiger partial charge on any atom is 0.280 e. The van der Waals surface area contributed by atoms with Crippen LogP contribution in [0, 0.1) is 12.8 Å². The summed E-state index contributed by atoms with van der Waals surface area (Å²) < 4.78 is 52.8. The fourth-order valence-electron chi connectivity index (χ4n) is 10.4. The van der Waals surface area contributed by atoms with Crippen molar-refractivity contribution < 1.29 is 32.6 Å². The molecule has 21 nitrogen and oxygen atoms in total. The molecule has 0 spiro atoms. The first-order valence-corrected chi connectivity index (χ1v) is 30.8. The first-order valence-electron chi connectivity index (χ1n) is 26.1. The Morgan fingerprint density at radius 1 is 0.766 bits per heavy atom. The molecular weight excluding hydrogens is 1020 g/mol. The third-order valence-electron chi connectivity index (χ3n) is 14.4. The number of rotatable bonds is 6. The van der Waals surface area contributed by atoms with Gasteiger partial charge in [-0.25, -0.2) is 9.36 Å². The lowest BCUT2D eigenvalue weighted by molar-refractivity contribution is 0.0483. The lowest BCUT2D eigenvalue weighted by atomic mass is 10.1. The average molecular weight is 1090 g/mol. The number of pyridine rings is 2. The van der Waals surface area contributed by atoms with Gasteiger partial charge in [0.2, 0.25) is 23.7 Å². The molecule has 3 N–H and O–H groups in total. The first kappa shape index (κ1) is 51.8. The zero-order valence-electron chi connectivity index (χ0n) is 44.4. The summed E-state index contributed by atoms with van der Waals surface area (Å²) in [5.41, 5.74) is 7.88. The SMILES string of the molecule is Cc1cc2cc(n1)-c1cnn(CCc3cc4cc(n3)-c3cnn(C)c3OCCO[C@@H](C)CN3/C(=N/C4=O)Nc4ccc(N[SH](C)(C)=O)cc43)c1OCCC[C@@H](C)CN1/C(=N/C2=O)Nc2ccc(P3(=O)CCN(C)CC3)cc21. The Kier molecular flexibility index (Phi) is 14.1. The van der Waals surface area contributed by atoms with Gasteiger partial charge in [-0.15, -0.1) is 0 Å². The standard InChI is InChI=1S/C54H65N14O7PS/c1-33-9-8-18-74-52-42(45-25-36(23-34(2)57-45)49(69)61-53-60-44-13-11-40(28-48(44)66(53)31-33)76(71)21-16-64(4)17-22-76)30-56-68(52)15-14-38-24-37-26-46(58-38)41-29-55-65(5)51(41)75-20-19-73-35(3)32-67-47-27-39(63-77(6,7)72)10-12-43(47)59-54(67)62-50(37)70/h10-13,23-30,33,35,77H,8-9,14-22,31-32H2,1-7H3,(H,63,72)(H,59,62,70)(H,60,61,69)/t33-,35+/m1/s1. The van der Waals surface area contributed by atoms with Crippen molar-refractivity contribution in [2.45, 2.75) is 52.7 Å². The minimum atomic E-state index is -2.62. The molecule has 1 saturated heterocycles. The molecule has 6 aromatic rings. The molecule has 2 aromatic carbocycles. The van der Waals surface area contributed by atoms with Crippen molar-refractivity contribution in [1.29, 1.82) is 0 Å². The number of fused-ring (bicyclic) bond motifs is 14. The van der Waals surface area contributed by atoms with Gasteiger partial charge < -0.3 is 48.8 Å². The molecule has 77 heavy (non-hydrogen) atoms. The number of nitrogens with zero attached hydrogens (tertiary/aromatic N) is 11. The molecule has 23 heteroatoms. The van der Waals surface area contributed by atoms with Crippen LogP contribution in [0.15, 0.2) is 83.0 Å². The van der Waals surface area contributed by atoms with E-state index in [0.29, 0.717) is 126 Å². The average Bonchev–Trinajstić information content (AvgIpc) is 4.27. The maximum absolute atomic E-state index is 14.5. The van der Waals surface area contributed by atoms with Crippen molar-refractivity contribution in [3.63, 3.8) is 0 Å². The number of benzene rings is 2. The summed E-state index contributed by atoms with van der Waals surface area (Å²) in [6.45, 7) is 9.64. The molecule has 1 fully saturated rings. The second-order valence-corrected chi connectivity index (χ2v) is 27.2. The lowest BCUT2D eigenvalue weighted by Gasteiger charge is -2.30. The second-order valence-electron chi connectivity index (χ2n) is 21.1. The van der Waals surface area contributed by atoms with Crippen molar-refractivity contribution in [2.24, 2.45) is 23.0 Å². The van der Waals surface area contributed by atoms with E-state index in [1.165, 1.54) is 0 Å². The van der Waals surface area contributed by atoms with Crippen LogP contribution in [0.2, 0.25) is 0 Å². The molecule has 4 bridgehead atoms. The third-order valence-corrected chi connectivity index (χ3v) is 18.3. The van der Waals surface area contributed by atoms with Crippen LogP contribution in [0.25, 0.3) is 22.5 Å². The number of aryl methyl sites for hydroxylation is 4. The Labute approximate surface area is 448 Å². The Bertz CT molecular complexity index is 3470. The van der Waals surface area contributed by atoms with Crippen molar-refractivity contribution in [3.8, 4) is 34.3 Å². The number of nitrogens with one attached hydrogen (secondary N) is 3. The van der Waals surface area contributed by atoms with Crippen LogP contribution in [-0.4, -0.2) is 146 Å². The molecule has 0 aliphatic carbocycles. The van der Waals surface area contributed by atoms with Gasteiger partial charge in [0, 0.05) is 91.4 Å². The number of anilines is 5. The van der Waals surface area contributed by atoms with Crippen LogP contribution in [0.5, 0.6) is 11.8 Å². The number of hydrogen-bond acceptors (Lipinski definition) is 16. The Hall–Kier alpha value is -7.26. The van der Waals surface area contributed by atoms with Crippen molar-refractivity contribution in [1.82, 2.24) is 34.4 Å². The molecule has 11 rings (SSSR count). The van der Waals surface area contributed by atoms with Gasteiger partial charge in [0.05, 0.1) is 90.1 Å². The van der Waals surface area contributed by atoms with E-state index in [1.807, 2.05) is 55.1 Å². The van der Waals surface area contributed by atoms with Gasteiger partial charge in [0.15, 0.2) is 0 Å². The van der Waals surface area contributed by atoms with Gasteiger partial charge in [0.1, 0.15) is 13.7 Å². The van der Waals surface area contributed by atoms with Crippen LogP contribution < -0.4 is 39.9 Å². The fraction of sp³-hybridized carbons (Fsp3) is 0.407. The molecule has 9 heterocycles. The molecule has 404 valence electrons. The van der Waals surface area contributed by atoms with E-state index in [4.69, 9.17) is 34.3 Å². The highest BCUT2D eigenvalue weighted by Gasteiger charge is 2.35.